The van der Waals surface area contributed by atoms with Gasteiger partial charge in [-0.15, -0.1) is 13.2 Å². The number of fused-ring (bicyclic) bond motifs is 1. The Morgan fingerprint density at radius 3 is 2.27 bits per heavy atom. The van der Waals surface area contributed by atoms with Gasteiger partial charge in [0.05, 0.1) is 17.4 Å². The number of ether oxygens (including phenoxy) is 1. The Hall–Kier alpha value is -2.97. The molecule has 6 atom stereocenters. The lowest BCUT2D eigenvalue weighted by Gasteiger charge is -2.45. The van der Waals surface area contributed by atoms with Gasteiger partial charge in [-0.25, -0.2) is 0 Å². The highest BCUT2D eigenvalue weighted by atomic mass is 16.5. The molecule has 1 spiro atoms. The first-order valence-corrected chi connectivity index (χ1v) is 16.6. The third kappa shape index (κ3) is 6.25. The SMILES string of the molecule is C=CCN(C(=O)[C@@H]1[C@H]2C(=O)N(CCCCCO)C(C(=O)N(CC=C)C(C)(C)CC(C)(C)C)C23CC(C)[C@@]1(C)O3)c1ccccc1. The van der Waals surface area contributed by atoms with Crippen LogP contribution < -0.4 is 4.90 Å². The molecule has 1 aromatic rings. The molecular weight excluding hydrogens is 566 g/mol. The highest BCUT2D eigenvalue weighted by Crippen LogP contribution is 2.65. The van der Waals surface area contributed by atoms with Crippen LogP contribution in [0.15, 0.2) is 55.6 Å². The zero-order valence-corrected chi connectivity index (χ0v) is 28.6. The molecular formula is C37H55N3O5. The quantitative estimate of drug-likeness (QED) is 0.216. The predicted molar refractivity (Wildman–Crippen MR) is 178 cm³/mol. The summed E-state index contributed by atoms with van der Waals surface area (Å²) in [5.74, 6) is -2.13. The molecule has 3 saturated heterocycles. The second kappa shape index (κ2) is 13.0. The number of para-hydroxylation sites is 1. The molecule has 248 valence electrons. The second-order valence-corrected chi connectivity index (χ2v) is 15.4. The molecule has 1 N–H and O–H groups in total. The van der Waals surface area contributed by atoms with Crippen molar-refractivity contribution in [3.63, 3.8) is 0 Å². The van der Waals surface area contributed by atoms with E-state index in [2.05, 4.69) is 54.7 Å². The molecule has 0 aliphatic carbocycles. The van der Waals surface area contributed by atoms with Crippen LogP contribution in [0.5, 0.6) is 0 Å². The van der Waals surface area contributed by atoms with Gasteiger partial charge in [0.1, 0.15) is 11.6 Å². The number of nitrogens with zero attached hydrogens (tertiary/aromatic N) is 3. The van der Waals surface area contributed by atoms with Crippen molar-refractivity contribution in [2.45, 2.75) is 103 Å². The van der Waals surface area contributed by atoms with Crippen LogP contribution in [0.3, 0.4) is 0 Å². The Labute approximate surface area is 270 Å². The summed E-state index contributed by atoms with van der Waals surface area (Å²) in [6.45, 7) is 23.6. The summed E-state index contributed by atoms with van der Waals surface area (Å²) in [5.41, 5.74) is -1.90. The van der Waals surface area contributed by atoms with E-state index in [9.17, 15) is 14.7 Å². The van der Waals surface area contributed by atoms with Gasteiger partial charge < -0.3 is 24.5 Å². The van der Waals surface area contributed by atoms with E-state index in [4.69, 9.17) is 4.74 Å². The van der Waals surface area contributed by atoms with Crippen molar-refractivity contribution in [1.29, 1.82) is 0 Å². The molecule has 4 rings (SSSR count). The molecule has 3 amide bonds. The Bertz CT molecular complexity index is 1270. The molecule has 0 radical (unpaired) electrons. The van der Waals surface area contributed by atoms with Gasteiger partial charge in [-0.3, -0.25) is 14.4 Å². The lowest BCUT2D eigenvalue weighted by molar-refractivity contribution is -0.156. The van der Waals surface area contributed by atoms with Gasteiger partial charge in [-0.1, -0.05) is 58.0 Å². The normalized spacial score (nSPS) is 29.1. The van der Waals surface area contributed by atoms with Crippen molar-refractivity contribution in [1.82, 2.24) is 9.80 Å². The van der Waals surface area contributed by atoms with Gasteiger partial charge in [0, 0.05) is 37.5 Å². The fourth-order valence-corrected chi connectivity index (χ4v) is 8.74. The van der Waals surface area contributed by atoms with E-state index in [0.29, 0.717) is 38.9 Å². The fraction of sp³-hybridized carbons (Fsp3) is 0.649. The topological polar surface area (TPSA) is 90.4 Å². The van der Waals surface area contributed by atoms with E-state index in [-0.39, 0.29) is 35.7 Å². The molecule has 1 aromatic carbocycles. The van der Waals surface area contributed by atoms with Crippen molar-refractivity contribution in [3.8, 4) is 0 Å². The average molecular weight is 622 g/mol. The highest BCUT2D eigenvalue weighted by Gasteiger charge is 2.80. The molecule has 3 heterocycles. The minimum atomic E-state index is -1.13. The van der Waals surface area contributed by atoms with Crippen LogP contribution in [0.4, 0.5) is 5.69 Å². The van der Waals surface area contributed by atoms with Gasteiger partial charge in [-0.2, -0.15) is 0 Å². The number of hydrogen-bond donors (Lipinski definition) is 1. The van der Waals surface area contributed by atoms with Gasteiger partial charge in [0.15, 0.2) is 0 Å². The number of aliphatic hydroxyl groups excluding tert-OH is 1. The standard InChI is InChI=1S/C37H55N3O5/c1-10-20-38(27-18-14-12-15-19-27)31(42)28-29-32(43)39(22-16-13-17-23-41)30(37(29)24-26(3)36(28,9)45-37)33(44)40(21-11-2)35(7,8)25-34(4,5)6/h10-12,14-15,18-19,26,28-30,41H,1-2,13,16-17,20-25H2,3-9H3/t26?,28-,29-,30?,36+,37?/m0/s1. The number of carbonyl (C=O) groups excluding carboxylic acids is 3. The Morgan fingerprint density at radius 2 is 1.69 bits per heavy atom. The predicted octanol–water partition coefficient (Wildman–Crippen LogP) is 5.61. The van der Waals surface area contributed by atoms with E-state index in [1.54, 1.807) is 22.0 Å². The number of aliphatic hydroxyl groups is 1. The average Bonchev–Trinajstić information content (AvgIpc) is 3.47. The van der Waals surface area contributed by atoms with Gasteiger partial charge >= 0.3 is 0 Å². The van der Waals surface area contributed by atoms with E-state index in [1.165, 1.54) is 0 Å². The maximum absolute atomic E-state index is 15.0. The van der Waals surface area contributed by atoms with Crippen LogP contribution in [-0.2, 0) is 19.1 Å². The number of carbonyl (C=O) groups is 3. The van der Waals surface area contributed by atoms with Crippen LogP contribution in [0.1, 0.15) is 80.6 Å². The van der Waals surface area contributed by atoms with E-state index < -0.39 is 34.6 Å². The summed E-state index contributed by atoms with van der Waals surface area (Å²) in [6, 6.07) is 8.59. The maximum Gasteiger partial charge on any atom is 0.249 e. The summed E-state index contributed by atoms with van der Waals surface area (Å²) in [6.07, 6.45) is 6.69. The first-order valence-electron chi connectivity index (χ1n) is 16.6. The molecule has 3 fully saturated rings. The third-order valence-corrected chi connectivity index (χ3v) is 10.3. The van der Waals surface area contributed by atoms with Crippen LogP contribution in [0.25, 0.3) is 0 Å². The zero-order valence-electron chi connectivity index (χ0n) is 28.6. The fourth-order valence-electron chi connectivity index (χ4n) is 8.74. The third-order valence-electron chi connectivity index (χ3n) is 10.3. The molecule has 45 heavy (non-hydrogen) atoms. The number of anilines is 1. The van der Waals surface area contributed by atoms with Gasteiger partial charge in [0.2, 0.25) is 17.7 Å². The minimum absolute atomic E-state index is 0.0482. The number of hydrogen-bond acceptors (Lipinski definition) is 5. The Kier molecular flexibility index (Phi) is 10.1. The maximum atomic E-state index is 15.0. The molecule has 0 saturated carbocycles. The number of rotatable bonds is 14. The van der Waals surface area contributed by atoms with Crippen molar-refractivity contribution in [3.05, 3.63) is 55.6 Å². The van der Waals surface area contributed by atoms with Gasteiger partial charge in [0.25, 0.3) is 0 Å². The largest absolute Gasteiger partial charge is 0.396 e. The van der Waals surface area contributed by atoms with Crippen LogP contribution in [0.2, 0.25) is 0 Å². The van der Waals surface area contributed by atoms with E-state index in [0.717, 1.165) is 18.5 Å². The molecule has 2 bridgehead atoms. The van der Waals surface area contributed by atoms with Crippen molar-refractivity contribution in [2.24, 2.45) is 23.2 Å². The number of likely N-dealkylation sites (tertiary alicyclic amines) is 1. The lowest BCUT2D eigenvalue weighted by Crippen LogP contribution is -2.61. The van der Waals surface area contributed by atoms with E-state index in [1.807, 2.05) is 42.2 Å². The minimum Gasteiger partial charge on any atom is -0.396 e. The van der Waals surface area contributed by atoms with Crippen LogP contribution >= 0.6 is 0 Å². The van der Waals surface area contributed by atoms with Crippen molar-refractivity contribution in [2.75, 3.05) is 31.1 Å². The summed E-state index contributed by atoms with van der Waals surface area (Å²) in [7, 11) is 0. The summed E-state index contributed by atoms with van der Waals surface area (Å²) < 4.78 is 7.04. The summed E-state index contributed by atoms with van der Waals surface area (Å²) >= 11 is 0. The zero-order chi connectivity index (χ0) is 33.4. The van der Waals surface area contributed by atoms with Gasteiger partial charge in [-0.05, 0) is 76.3 Å². The highest BCUT2D eigenvalue weighted by molar-refractivity contribution is 6.03. The first kappa shape index (κ1) is 34.9. The lowest BCUT2D eigenvalue weighted by atomic mass is 9.62. The van der Waals surface area contributed by atoms with Crippen molar-refractivity contribution < 1.29 is 24.2 Å². The van der Waals surface area contributed by atoms with Crippen LogP contribution in [0, 0.1) is 23.2 Å². The molecule has 3 aliphatic heterocycles. The molecule has 3 unspecified atom stereocenters. The Morgan fingerprint density at radius 1 is 1.04 bits per heavy atom. The number of benzene rings is 1. The molecule has 8 nitrogen and oxygen atoms in total. The molecule has 8 heteroatoms. The van der Waals surface area contributed by atoms with E-state index >= 15 is 4.79 Å². The Balaban J connectivity index is 1.83. The smallest absolute Gasteiger partial charge is 0.249 e. The summed E-state index contributed by atoms with van der Waals surface area (Å²) in [5, 5.41) is 9.40. The first-order chi connectivity index (χ1) is 21.1. The summed E-state index contributed by atoms with van der Waals surface area (Å²) in [4.78, 5) is 49.7. The number of amides is 3. The monoisotopic (exact) mass is 621 g/mol. The molecule has 0 aromatic heterocycles. The van der Waals surface area contributed by atoms with Crippen molar-refractivity contribution >= 4 is 23.4 Å². The molecule has 3 aliphatic rings. The second-order valence-electron chi connectivity index (χ2n) is 15.4. The van der Waals surface area contributed by atoms with Crippen LogP contribution in [-0.4, -0.2) is 81.7 Å². The number of unbranched alkanes of at least 4 members (excludes halogenated alkanes) is 2.